The standard InChI is InChI=1S/C14H14FNO3S/c15-12-8-4-5-9-14(12)20(18,19)16-10-13(17)11-6-2-1-3-7-11/h1-9,13,16-17H,10H2. The summed E-state index contributed by atoms with van der Waals surface area (Å²) < 4.78 is 39.5. The van der Waals surface area contributed by atoms with Crippen molar-refractivity contribution in [2.45, 2.75) is 11.0 Å². The van der Waals surface area contributed by atoms with E-state index in [0.29, 0.717) is 5.56 Å². The van der Waals surface area contributed by atoms with E-state index in [-0.39, 0.29) is 6.54 Å². The van der Waals surface area contributed by atoms with Crippen LogP contribution in [0.3, 0.4) is 0 Å². The Bertz CT molecular complexity index is 674. The highest BCUT2D eigenvalue weighted by atomic mass is 32.2. The zero-order valence-electron chi connectivity index (χ0n) is 10.5. The van der Waals surface area contributed by atoms with E-state index in [1.165, 1.54) is 18.2 Å². The number of hydrogen-bond donors (Lipinski definition) is 2. The first kappa shape index (κ1) is 14.6. The SMILES string of the molecule is O=S(=O)(NCC(O)c1ccccc1)c1ccccc1F. The largest absolute Gasteiger partial charge is 0.387 e. The molecule has 0 aliphatic carbocycles. The summed E-state index contributed by atoms with van der Waals surface area (Å²) in [7, 11) is -3.98. The second kappa shape index (κ2) is 6.13. The number of nitrogens with one attached hydrogen (secondary N) is 1. The van der Waals surface area contributed by atoms with E-state index in [9.17, 15) is 17.9 Å². The topological polar surface area (TPSA) is 66.4 Å². The molecule has 0 aromatic heterocycles. The summed E-state index contributed by atoms with van der Waals surface area (Å²) in [6.07, 6.45) is -0.988. The average Bonchev–Trinajstić information content (AvgIpc) is 2.46. The van der Waals surface area contributed by atoms with Crippen LogP contribution in [-0.4, -0.2) is 20.1 Å². The van der Waals surface area contributed by atoms with Crippen molar-refractivity contribution in [1.82, 2.24) is 4.72 Å². The molecule has 0 heterocycles. The lowest BCUT2D eigenvalue weighted by Crippen LogP contribution is -2.29. The van der Waals surface area contributed by atoms with E-state index in [1.807, 2.05) is 0 Å². The monoisotopic (exact) mass is 295 g/mol. The third-order valence-electron chi connectivity index (χ3n) is 2.78. The summed E-state index contributed by atoms with van der Waals surface area (Å²) in [6, 6.07) is 13.7. The van der Waals surface area contributed by atoms with E-state index in [1.54, 1.807) is 30.3 Å². The first-order chi connectivity index (χ1) is 9.50. The zero-order chi connectivity index (χ0) is 14.6. The summed E-state index contributed by atoms with van der Waals surface area (Å²) in [4.78, 5) is -0.430. The van der Waals surface area contributed by atoms with Crippen LogP contribution in [0.4, 0.5) is 4.39 Å². The Morgan fingerprint density at radius 2 is 1.65 bits per heavy atom. The van der Waals surface area contributed by atoms with E-state index in [0.717, 1.165) is 6.07 Å². The second-order valence-electron chi connectivity index (χ2n) is 4.21. The van der Waals surface area contributed by atoms with Gasteiger partial charge in [0.2, 0.25) is 10.0 Å². The molecular formula is C14H14FNO3S. The number of aliphatic hydroxyl groups is 1. The molecule has 0 saturated heterocycles. The van der Waals surface area contributed by atoms with Crippen LogP contribution in [0.15, 0.2) is 59.5 Å². The third-order valence-corrected chi connectivity index (χ3v) is 4.23. The molecule has 106 valence electrons. The molecule has 2 aromatic carbocycles. The number of rotatable bonds is 5. The van der Waals surface area contributed by atoms with E-state index >= 15 is 0 Å². The molecule has 20 heavy (non-hydrogen) atoms. The van der Waals surface area contributed by atoms with E-state index < -0.39 is 26.8 Å². The molecule has 6 heteroatoms. The van der Waals surface area contributed by atoms with Gasteiger partial charge in [0.05, 0.1) is 6.10 Å². The van der Waals surface area contributed by atoms with Gasteiger partial charge in [-0.3, -0.25) is 0 Å². The Kier molecular flexibility index (Phi) is 4.49. The molecule has 0 amide bonds. The molecule has 0 fully saturated rings. The fraction of sp³-hybridized carbons (Fsp3) is 0.143. The molecule has 2 N–H and O–H groups in total. The lowest BCUT2D eigenvalue weighted by Gasteiger charge is -2.12. The van der Waals surface area contributed by atoms with Gasteiger partial charge in [-0.25, -0.2) is 17.5 Å². The highest BCUT2D eigenvalue weighted by Crippen LogP contribution is 2.15. The Labute approximate surface area is 116 Å². The first-order valence-corrected chi connectivity index (χ1v) is 7.46. The van der Waals surface area contributed by atoms with Crippen LogP contribution in [-0.2, 0) is 10.0 Å². The Morgan fingerprint density at radius 1 is 1.05 bits per heavy atom. The number of halogens is 1. The minimum absolute atomic E-state index is 0.222. The summed E-state index contributed by atoms with van der Waals surface area (Å²) >= 11 is 0. The molecule has 1 atom stereocenters. The molecule has 2 aromatic rings. The molecular weight excluding hydrogens is 281 g/mol. The van der Waals surface area contributed by atoms with Gasteiger partial charge in [-0.1, -0.05) is 42.5 Å². The van der Waals surface area contributed by atoms with Gasteiger partial charge in [0.1, 0.15) is 10.7 Å². The Hall–Kier alpha value is -1.76. The number of hydrogen-bond acceptors (Lipinski definition) is 3. The van der Waals surface area contributed by atoms with Crippen molar-refractivity contribution in [2.75, 3.05) is 6.54 Å². The van der Waals surface area contributed by atoms with Crippen LogP contribution >= 0.6 is 0 Å². The van der Waals surface area contributed by atoms with Gasteiger partial charge in [0, 0.05) is 6.54 Å². The summed E-state index contributed by atoms with van der Waals surface area (Å²) in [5.41, 5.74) is 0.587. The van der Waals surface area contributed by atoms with Crippen molar-refractivity contribution in [1.29, 1.82) is 0 Å². The molecule has 0 bridgehead atoms. The van der Waals surface area contributed by atoms with Gasteiger partial charge in [0.25, 0.3) is 0 Å². The van der Waals surface area contributed by atoms with Crippen molar-refractivity contribution >= 4 is 10.0 Å². The van der Waals surface area contributed by atoms with Gasteiger partial charge in [-0.15, -0.1) is 0 Å². The fourth-order valence-electron chi connectivity index (χ4n) is 1.72. The van der Waals surface area contributed by atoms with Crippen LogP contribution in [0.1, 0.15) is 11.7 Å². The summed E-state index contributed by atoms with van der Waals surface area (Å²) in [6.45, 7) is -0.222. The third kappa shape index (κ3) is 3.41. The molecule has 0 aliphatic heterocycles. The van der Waals surface area contributed by atoms with E-state index in [2.05, 4.69) is 4.72 Å². The second-order valence-corrected chi connectivity index (χ2v) is 5.94. The van der Waals surface area contributed by atoms with Crippen LogP contribution < -0.4 is 4.72 Å². The van der Waals surface area contributed by atoms with Crippen molar-refractivity contribution in [3.8, 4) is 0 Å². The van der Waals surface area contributed by atoms with Crippen LogP contribution in [0, 0.1) is 5.82 Å². The first-order valence-electron chi connectivity index (χ1n) is 5.98. The van der Waals surface area contributed by atoms with E-state index in [4.69, 9.17) is 0 Å². The van der Waals surface area contributed by atoms with Gasteiger partial charge in [-0.2, -0.15) is 0 Å². The van der Waals surface area contributed by atoms with Crippen molar-refractivity contribution in [2.24, 2.45) is 0 Å². The van der Waals surface area contributed by atoms with Crippen LogP contribution in [0.25, 0.3) is 0 Å². The average molecular weight is 295 g/mol. The fourth-order valence-corrected chi connectivity index (χ4v) is 2.84. The predicted octanol–water partition coefficient (Wildman–Crippen LogP) is 1.84. The Morgan fingerprint density at radius 3 is 2.30 bits per heavy atom. The molecule has 4 nitrogen and oxygen atoms in total. The van der Waals surface area contributed by atoms with Crippen molar-refractivity contribution in [3.05, 3.63) is 66.0 Å². The van der Waals surface area contributed by atoms with Crippen molar-refractivity contribution in [3.63, 3.8) is 0 Å². The number of sulfonamides is 1. The maximum atomic E-state index is 13.5. The molecule has 0 aliphatic rings. The molecule has 1 unspecified atom stereocenters. The lowest BCUT2D eigenvalue weighted by atomic mass is 10.1. The highest BCUT2D eigenvalue weighted by Gasteiger charge is 2.19. The molecule has 0 saturated carbocycles. The minimum Gasteiger partial charge on any atom is -0.387 e. The zero-order valence-corrected chi connectivity index (χ0v) is 11.3. The molecule has 0 spiro atoms. The van der Waals surface area contributed by atoms with Gasteiger partial charge in [0.15, 0.2) is 0 Å². The maximum Gasteiger partial charge on any atom is 0.243 e. The van der Waals surface area contributed by atoms with Crippen LogP contribution in [0.5, 0.6) is 0 Å². The van der Waals surface area contributed by atoms with Gasteiger partial charge < -0.3 is 5.11 Å². The molecule has 0 radical (unpaired) electrons. The molecule has 2 rings (SSSR count). The predicted molar refractivity (Wildman–Crippen MR) is 73.0 cm³/mol. The van der Waals surface area contributed by atoms with Gasteiger partial charge >= 0.3 is 0 Å². The lowest BCUT2D eigenvalue weighted by molar-refractivity contribution is 0.182. The van der Waals surface area contributed by atoms with Crippen molar-refractivity contribution < 1.29 is 17.9 Å². The minimum atomic E-state index is -3.98. The summed E-state index contributed by atoms with van der Waals surface area (Å²) in [5, 5.41) is 9.88. The Balaban J connectivity index is 2.09. The highest BCUT2D eigenvalue weighted by molar-refractivity contribution is 7.89. The normalized spacial score (nSPS) is 13.1. The summed E-state index contributed by atoms with van der Waals surface area (Å²) in [5.74, 6) is -0.825. The number of benzene rings is 2. The van der Waals surface area contributed by atoms with Crippen LogP contribution in [0.2, 0.25) is 0 Å². The number of aliphatic hydroxyl groups excluding tert-OH is 1. The quantitative estimate of drug-likeness (QED) is 0.884. The maximum absolute atomic E-state index is 13.5. The van der Waals surface area contributed by atoms with Gasteiger partial charge in [-0.05, 0) is 17.7 Å². The smallest absolute Gasteiger partial charge is 0.243 e.